The van der Waals surface area contributed by atoms with Crippen molar-refractivity contribution in [3.63, 3.8) is 0 Å². The standard InChI is InChI=1S/2C10H13.CH2.Zr/c2*1-8-6-7-9-4-2-3-5-10(8)9;;/h2*7-8H,2-5H2,1H3;1H2;. The average molecular weight is 372 g/mol. The molecule has 0 amide bonds. The first-order valence-electron chi connectivity index (χ1n) is 9.23. The predicted octanol–water partition coefficient (Wildman–Crippen LogP) is 5.85. The molecule has 0 saturated carbocycles. The summed E-state index contributed by atoms with van der Waals surface area (Å²) in [6, 6.07) is 0. The Kier molecular flexibility index (Phi) is 4.14. The van der Waals surface area contributed by atoms with Crippen molar-refractivity contribution in [2.24, 2.45) is 11.8 Å². The quantitative estimate of drug-likeness (QED) is 0.571. The molecule has 0 N–H and O–H groups in total. The van der Waals surface area contributed by atoms with Crippen molar-refractivity contribution in [1.29, 1.82) is 0 Å². The maximum atomic E-state index is 4.83. The molecule has 4 aliphatic carbocycles. The van der Waals surface area contributed by atoms with Gasteiger partial charge in [0.05, 0.1) is 0 Å². The molecule has 0 aromatic rings. The first-order chi connectivity index (χ1) is 10.7. The number of hydrogen-bond donors (Lipinski definition) is 0. The van der Waals surface area contributed by atoms with Crippen molar-refractivity contribution in [2.75, 3.05) is 0 Å². The topological polar surface area (TPSA) is 0 Å². The molecule has 0 heterocycles. The zero-order chi connectivity index (χ0) is 15.3. The molecular weight excluding hydrogens is 343 g/mol. The van der Waals surface area contributed by atoms with Gasteiger partial charge >= 0.3 is 144 Å². The van der Waals surface area contributed by atoms with Crippen molar-refractivity contribution < 1.29 is 21.3 Å². The third kappa shape index (κ3) is 2.39. The van der Waals surface area contributed by atoms with Gasteiger partial charge in [0, 0.05) is 0 Å². The van der Waals surface area contributed by atoms with E-state index in [1.165, 1.54) is 51.4 Å². The second-order valence-electron chi connectivity index (χ2n) is 7.64. The molecule has 0 aliphatic heterocycles. The number of hydrogen-bond acceptors (Lipinski definition) is 0. The molecule has 1 heteroatoms. The van der Waals surface area contributed by atoms with E-state index in [9.17, 15) is 0 Å². The van der Waals surface area contributed by atoms with Crippen LogP contribution in [0.4, 0.5) is 0 Å². The SMILES string of the molecule is [CH2]=[Zr]([C]1=CC2=C(CCCC2)C1C)[C]1=CC2=C(CCCC2)C1C. The van der Waals surface area contributed by atoms with Gasteiger partial charge in [0.1, 0.15) is 0 Å². The van der Waals surface area contributed by atoms with Gasteiger partial charge in [-0.15, -0.1) is 0 Å². The van der Waals surface area contributed by atoms with Crippen LogP contribution in [0.2, 0.25) is 0 Å². The van der Waals surface area contributed by atoms with Gasteiger partial charge in [0.2, 0.25) is 0 Å². The van der Waals surface area contributed by atoms with Crippen LogP contribution in [-0.4, -0.2) is 4.21 Å². The van der Waals surface area contributed by atoms with Crippen LogP contribution in [0.15, 0.2) is 41.0 Å². The van der Waals surface area contributed by atoms with E-state index < -0.39 is 21.3 Å². The molecule has 0 radical (unpaired) electrons. The van der Waals surface area contributed by atoms with Gasteiger partial charge in [0.15, 0.2) is 0 Å². The van der Waals surface area contributed by atoms with E-state index in [0.29, 0.717) is 0 Å². The van der Waals surface area contributed by atoms with Crippen molar-refractivity contribution >= 4 is 4.21 Å². The Morgan fingerprint density at radius 2 is 1.18 bits per heavy atom. The first-order valence-corrected chi connectivity index (χ1v) is 13.4. The summed E-state index contributed by atoms with van der Waals surface area (Å²) in [4.78, 5) is 0. The minimum atomic E-state index is -1.84. The Hall–Kier alpha value is -0.287. The van der Waals surface area contributed by atoms with Gasteiger partial charge in [-0.25, -0.2) is 0 Å². The molecule has 2 unspecified atom stereocenters. The molecule has 4 rings (SSSR count). The molecule has 0 bridgehead atoms. The number of allylic oxidation sites excluding steroid dienone is 8. The molecule has 4 aliphatic rings. The van der Waals surface area contributed by atoms with Crippen LogP contribution in [0.1, 0.15) is 65.2 Å². The Labute approximate surface area is 143 Å². The van der Waals surface area contributed by atoms with Crippen LogP contribution in [0.5, 0.6) is 0 Å². The Bertz CT molecular complexity index is 597. The summed E-state index contributed by atoms with van der Waals surface area (Å²) in [5.74, 6) is 1.46. The fourth-order valence-electron chi connectivity index (χ4n) is 5.09. The summed E-state index contributed by atoms with van der Waals surface area (Å²) in [6.07, 6.45) is 16.3. The fraction of sp³-hybridized carbons (Fsp3) is 0.571. The Morgan fingerprint density at radius 1 is 0.773 bits per heavy atom. The molecule has 0 saturated heterocycles. The summed E-state index contributed by atoms with van der Waals surface area (Å²) in [6.45, 7) is 4.94. The van der Waals surface area contributed by atoms with Crippen molar-refractivity contribution in [1.82, 2.24) is 0 Å². The third-order valence-electron chi connectivity index (χ3n) is 6.44. The van der Waals surface area contributed by atoms with E-state index in [4.69, 9.17) is 4.21 Å². The van der Waals surface area contributed by atoms with Crippen molar-refractivity contribution in [3.05, 3.63) is 41.0 Å². The molecule has 0 nitrogen and oxygen atoms in total. The first kappa shape index (κ1) is 15.3. The van der Waals surface area contributed by atoms with Crippen LogP contribution in [0, 0.1) is 11.8 Å². The van der Waals surface area contributed by atoms with E-state index in [1.54, 1.807) is 28.9 Å². The van der Waals surface area contributed by atoms with E-state index in [-0.39, 0.29) is 0 Å². The molecule has 0 spiro atoms. The summed E-state index contributed by atoms with van der Waals surface area (Å²) in [7, 11) is 0. The minimum absolute atomic E-state index is 0.730. The zero-order valence-corrected chi connectivity index (χ0v) is 16.6. The summed E-state index contributed by atoms with van der Waals surface area (Å²) in [5.41, 5.74) is 6.98. The molecule has 22 heavy (non-hydrogen) atoms. The fourth-order valence-corrected chi connectivity index (χ4v) is 11.0. The monoisotopic (exact) mass is 370 g/mol. The Balaban J connectivity index is 1.59. The van der Waals surface area contributed by atoms with E-state index in [2.05, 4.69) is 26.0 Å². The van der Waals surface area contributed by atoms with E-state index >= 15 is 0 Å². The molecule has 0 fully saturated rings. The zero-order valence-electron chi connectivity index (χ0n) is 14.2. The van der Waals surface area contributed by atoms with Crippen molar-refractivity contribution in [2.45, 2.75) is 65.2 Å². The van der Waals surface area contributed by atoms with Crippen LogP contribution < -0.4 is 0 Å². The van der Waals surface area contributed by atoms with Gasteiger partial charge in [-0.3, -0.25) is 0 Å². The maximum absolute atomic E-state index is 4.83. The van der Waals surface area contributed by atoms with E-state index in [0.717, 1.165) is 11.8 Å². The van der Waals surface area contributed by atoms with Gasteiger partial charge in [0.25, 0.3) is 0 Å². The van der Waals surface area contributed by atoms with Crippen LogP contribution >= 0.6 is 0 Å². The number of rotatable bonds is 2. The summed E-state index contributed by atoms with van der Waals surface area (Å²) >= 11 is -1.84. The normalized spacial score (nSPS) is 31.0. The molecule has 0 aromatic carbocycles. The van der Waals surface area contributed by atoms with Gasteiger partial charge in [-0.1, -0.05) is 0 Å². The molecule has 2 atom stereocenters. The molecular formula is C21H28Zr. The van der Waals surface area contributed by atoms with E-state index in [1.807, 2.05) is 0 Å². The third-order valence-corrected chi connectivity index (χ3v) is 12.7. The molecule has 116 valence electrons. The van der Waals surface area contributed by atoms with Gasteiger partial charge < -0.3 is 0 Å². The second-order valence-corrected chi connectivity index (χ2v) is 12.8. The summed E-state index contributed by atoms with van der Waals surface area (Å²) < 4.78 is 8.42. The average Bonchev–Trinajstić information content (AvgIpc) is 3.06. The second kappa shape index (κ2) is 5.97. The predicted molar refractivity (Wildman–Crippen MR) is 92.6 cm³/mol. The summed E-state index contributed by atoms with van der Waals surface area (Å²) in [5, 5.41) is 0. The Morgan fingerprint density at radius 3 is 1.59 bits per heavy atom. The van der Waals surface area contributed by atoms with Gasteiger partial charge in [-0.05, 0) is 0 Å². The molecule has 0 aromatic heterocycles. The van der Waals surface area contributed by atoms with Crippen molar-refractivity contribution in [3.8, 4) is 0 Å². The van der Waals surface area contributed by atoms with Crippen LogP contribution in [0.3, 0.4) is 0 Å². The van der Waals surface area contributed by atoms with Crippen LogP contribution in [-0.2, 0) is 21.3 Å². The van der Waals surface area contributed by atoms with Crippen LogP contribution in [0.25, 0.3) is 0 Å². The van der Waals surface area contributed by atoms with Gasteiger partial charge in [-0.2, -0.15) is 0 Å².